The molecule has 0 unspecified atom stereocenters. The van der Waals surface area contributed by atoms with Gasteiger partial charge in [0.25, 0.3) is 0 Å². The van der Waals surface area contributed by atoms with E-state index in [1.807, 2.05) is 83.7 Å². The van der Waals surface area contributed by atoms with Gasteiger partial charge >= 0.3 is 0 Å². The Morgan fingerprint density at radius 1 is 0.632 bits per heavy atom. The second-order valence-electron chi connectivity index (χ2n) is 8.97. The number of benzene rings is 2. The Hall–Kier alpha value is -5.30. The third kappa shape index (κ3) is 3.29. The van der Waals surface area contributed by atoms with Gasteiger partial charge in [-0.2, -0.15) is 0 Å². The fraction of sp³-hybridized carbons (Fsp3) is 0. The second kappa shape index (κ2) is 8.67. The summed E-state index contributed by atoms with van der Waals surface area (Å²) in [7, 11) is 0. The summed E-state index contributed by atoms with van der Waals surface area (Å²) in [6.45, 7) is 0. The predicted octanol–water partition coefficient (Wildman–Crippen LogP) is 7.10. The maximum absolute atomic E-state index is 13.2. The molecular formula is C31H21FN6. The molecule has 7 rings (SSSR count). The van der Waals surface area contributed by atoms with E-state index in [-0.39, 0.29) is 0 Å². The fourth-order valence-electron chi connectivity index (χ4n) is 5.19. The Balaban J connectivity index is 1.28. The molecule has 0 aliphatic heterocycles. The maximum atomic E-state index is 13.2. The van der Waals surface area contributed by atoms with Gasteiger partial charge in [-0.25, -0.2) is 4.39 Å². The zero-order valence-electron chi connectivity index (χ0n) is 20.2. The number of hydrogen-bond acceptors (Lipinski definition) is 4. The predicted molar refractivity (Wildman–Crippen MR) is 151 cm³/mol. The molecule has 7 heteroatoms. The largest absolute Gasteiger partial charge is 0.396 e. The normalized spacial score (nSPS) is 11.8. The lowest BCUT2D eigenvalue weighted by atomic mass is 10.2. The van der Waals surface area contributed by atoms with Crippen LogP contribution in [0.2, 0.25) is 0 Å². The Bertz CT molecular complexity index is 1930. The van der Waals surface area contributed by atoms with Crippen molar-refractivity contribution in [3.05, 3.63) is 116 Å². The lowest BCUT2D eigenvalue weighted by Crippen LogP contribution is -2.00. The first kappa shape index (κ1) is 21.9. The summed E-state index contributed by atoms with van der Waals surface area (Å²) < 4.78 is 17.3. The van der Waals surface area contributed by atoms with E-state index in [0.29, 0.717) is 17.7 Å². The highest BCUT2D eigenvalue weighted by Gasteiger charge is 2.16. The van der Waals surface area contributed by atoms with E-state index in [4.69, 9.17) is 10.7 Å². The fourth-order valence-corrected chi connectivity index (χ4v) is 5.19. The van der Waals surface area contributed by atoms with Crippen LogP contribution in [0.3, 0.4) is 0 Å². The highest BCUT2D eigenvalue weighted by atomic mass is 19.1. The zero-order chi connectivity index (χ0) is 25.6. The van der Waals surface area contributed by atoms with Crippen LogP contribution >= 0.6 is 0 Å². The van der Waals surface area contributed by atoms with E-state index in [1.165, 1.54) is 6.08 Å². The Labute approximate surface area is 217 Å². The summed E-state index contributed by atoms with van der Waals surface area (Å²) >= 11 is 0. The number of aromatic nitrogens is 5. The van der Waals surface area contributed by atoms with Crippen LogP contribution in [0.1, 0.15) is 5.69 Å². The van der Waals surface area contributed by atoms with Crippen molar-refractivity contribution in [3.8, 4) is 22.8 Å². The summed E-state index contributed by atoms with van der Waals surface area (Å²) in [6.07, 6.45) is 7.30. The van der Waals surface area contributed by atoms with Crippen molar-refractivity contribution in [2.75, 3.05) is 5.73 Å². The number of para-hydroxylation sites is 2. The van der Waals surface area contributed by atoms with E-state index >= 15 is 0 Å². The molecule has 5 aromatic heterocycles. The molecule has 0 spiro atoms. The molecule has 7 aromatic rings. The average Bonchev–Trinajstić information content (AvgIpc) is 3.46. The first-order valence-corrected chi connectivity index (χ1v) is 12.2. The molecule has 0 aliphatic carbocycles. The molecule has 6 nitrogen and oxygen atoms in total. The second-order valence-corrected chi connectivity index (χ2v) is 8.97. The van der Waals surface area contributed by atoms with Gasteiger partial charge in [-0.3, -0.25) is 15.0 Å². The molecule has 182 valence electrons. The van der Waals surface area contributed by atoms with Crippen LogP contribution < -0.4 is 5.73 Å². The third-order valence-corrected chi connectivity index (χ3v) is 6.87. The van der Waals surface area contributed by atoms with Crippen molar-refractivity contribution < 1.29 is 4.39 Å². The van der Waals surface area contributed by atoms with E-state index in [2.05, 4.69) is 32.7 Å². The summed E-state index contributed by atoms with van der Waals surface area (Å²) in [5, 5.41) is 1.96. The highest BCUT2D eigenvalue weighted by molar-refractivity contribution is 6.06. The van der Waals surface area contributed by atoms with Gasteiger partial charge in [-0.15, -0.1) is 0 Å². The number of fused-ring (bicyclic) bond motifs is 4. The van der Waals surface area contributed by atoms with Gasteiger partial charge in [0.1, 0.15) is 0 Å². The van der Waals surface area contributed by atoms with Crippen LogP contribution in [0.5, 0.6) is 0 Å². The number of nitrogens with two attached hydrogens (primary N) is 1. The smallest absolute Gasteiger partial charge is 0.0963 e. The zero-order valence-corrected chi connectivity index (χ0v) is 20.2. The molecule has 2 N–H and O–H groups in total. The Morgan fingerprint density at radius 3 is 1.89 bits per heavy atom. The van der Waals surface area contributed by atoms with Crippen molar-refractivity contribution >= 4 is 44.6 Å². The molecule has 0 radical (unpaired) electrons. The Morgan fingerprint density at radius 2 is 1.24 bits per heavy atom. The van der Waals surface area contributed by atoms with Crippen LogP contribution in [0.4, 0.5) is 10.1 Å². The molecule has 0 amide bonds. The third-order valence-electron chi connectivity index (χ3n) is 6.87. The number of pyridine rings is 3. The SMILES string of the molecule is Nc1c(/C=C\F)n(-c2ccc(-c3ccc(-n4c5ccccc5c5ncccc54)cn3)nc2)c2ccccc12. The van der Waals surface area contributed by atoms with Crippen LogP contribution in [0.15, 0.2) is 110 Å². The minimum Gasteiger partial charge on any atom is -0.396 e. The quantitative estimate of drug-likeness (QED) is 0.282. The number of nitrogens with zero attached hydrogens (tertiary/aromatic N) is 5. The number of halogens is 1. The van der Waals surface area contributed by atoms with Gasteiger partial charge in [0.05, 0.1) is 74.9 Å². The molecule has 0 bridgehead atoms. The highest BCUT2D eigenvalue weighted by Crippen LogP contribution is 2.33. The van der Waals surface area contributed by atoms with E-state index in [9.17, 15) is 4.39 Å². The van der Waals surface area contributed by atoms with Crippen LogP contribution in [-0.4, -0.2) is 24.1 Å². The minimum absolute atomic E-state index is 0.502. The van der Waals surface area contributed by atoms with Gasteiger partial charge in [0.2, 0.25) is 0 Å². The van der Waals surface area contributed by atoms with Gasteiger partial charge in [-0.1, -0.05) is 36.4 Å². The number of nitrogen functional groups attached to an aromatic ring is 1. The molecule has 0 aliphatic rings. The van der Waals surface area contributed by atoms with Crippen LogP contribution in [0, 0.1) is 0 Å². The molecule has 38 heavy (non-hydrogen) atoms. The molecule has 0 fully saturated rings. The van der Waals surface area contributed by atoms with Crippen molar-refractivity contribution in [3.63, 3.8) is 0 Å². The van der Waals surface area contributed by atoms with Gasteiger partial charge < -0.3 is 14.9 Å². The Kier molecular flexibility index (Phi) is 5.01. The van der Waals surface area contributed by atoms with E-state index in [0.717, 1.165) is 55.6 Å². The van der Waals surface area contributed by atoms with Gasteiger partial charge in [0.15, 0.2) is 0 Å². The van der Waals surface area contributed by atoms with Crippen molar-refractivity contribution in [1.82, 2.24) is 24.1 Å². The summed E-state index contributed by atoms with van der Waals surface area (Å²) in [5.74, 6) is 0. The monoisotopic (exact) mass is 496 g/mol. The summed E-state index contributed by atoms with van der Waals surface area (Å²) in [4.78, 5) is 14.0. The molecular weight excluding hydrogens is 475 g/mol. The van der Waals surface area contributed by atoms with Crippen LogP contribution in [-0.2, 0) is 0 Å². The number of anilines is 1. The average molecular weight is 497 g/mol. The minimum atomic E-state index is 0.502. The summed E-state index contributed by atoms with van der Waals surface area (Å²) in [6, 6.07) is 27.9. The standard InChI is InChI=1S/C31H21FN6/c32-16-15-28-30(33)22-6-1-3-8-26(22)37(28)20-11-13-24(35-18-20)25-14-12-21(19-36-25)38-27-9-4-2-7-23(27)31-29(38)10-5-17-34-31/h1-19H,33H2/b16-15-. The van der Waals surface area contributed by atoms with E-state index < -0.39 is 0 Å². The lowest BCUT2D eigenvalue weighted by Gasteiger charge is -2.10. The van der Waals surface area contributed by atoms with Crippen molar-refractivity contribution in [2.24, 2.45) is 0 Å². The number of rotatable bonds is 4. The number of hydrogen-bond donors (Lipinski definition) is 1. The topological polar surface area (TPSA) is 74.5 Å². The molecule has 5 heterocycles. The van der Waals surface area contributed by atoms with Gasteiger partial charge in [0, 0.05) is 17.0 Å². The lowest BCUT2D eigenvalue weighted by molar-refractivity contribution is 0.727. The summed E-state index contributed by atoms with van der Waals surface area (Å²) in [5.41, 5.74) is 14.6. The first-order valence-electron chi connectivity index (χ1n) is 12.2. The van der Waals surface area contributed by atoms with Gasteiger partial charge in [-0.05, 0) is 54.6 Å². The molecule has 2 aromatic carbocycles. The molecule has 0 saturated heterocycles. The molecule has 0 atom stereocenters. The maximum Gasteiger partial charge on any atom is 0.0963 e. The first-order chi connectivity index (χ1) is 18.7. The van der Waals surface area contributed by atoms with Crippen LogP contribution in [0.25, 0.3) is 61.7 Å². The van der Waals surface area contributed by atoms with Crippen molar-refractivity contribution in [2.45, 2.75) is 0 Å². The molecule has 0 saturated carbocycles. The van der Waals surface area contributed by atoms with Crippen molar-refractivity contribution in [1.29, 1.82) is 0 Å². The van der Waals surface area contributed by atoms with E-state index in [1.54, 1.807) is 6.20 Å².